The SMILES string of the molecule is COc1ccc(S(=O)(=O)n2c(=O)n(C(C(=O)N3CC[C@H](Nc4ccnc(C)c4)C3)c3ccccc3)c3cc(C#N)ccc32)cc1. The van der Waals surface area contributed by atoms with Crippen LogP contribution >= 0.6 is 0 Å². The van der Waals surface area contributed by atoms with Crippen LogP contribution in [0, 0.1) is 18.3 Å². The summed E-state index contributed by atoms with van der Waals surface area (Å²) >= 11 is 0. The molecule has 0 saturated carbocycles. The standard InChI is InChI=1S/C33H30N6O5S/c1-22-18-25(14-16-35-22)36-26-15-17-37(21-26)32(40)31(24-6-4-3-5-7-24)38-30-19-23(20-34)8-13-29(30)39(33(38)41)45(42,43)28-11-9-27(44-2)10-12-28/h3-14,16,18-19,26,31H,15,17,21H2,1-2H3,(H,35,36)/t26-,31?/m0/s1. The molecule has 3 aromatic carbocycles. The van der Waals surface area contributed by atoms with E-state index in [0.717, 1.165) is 11.4 Å². The van der Waals surface area contributed by atoms with Crippen molar-refractivity contribution in [3.63, 3.8) is 0 Å². The first-order valence-electron chi connectivity index (χ1n) is 14.3. The van der Waals surface area contributed by atoms with Gasteiger partial charge in [0, 0.05) is 36.7 Å². The maximum Gasteiger partial charge on any atom is 0.344 e. The number of nitrogens with one attached hydrogen (secondary N) is 1. The first kappa shape index (κ1) is 29.7. The van der Waals surface area contributed by atoms with E-state index in [1.807, 2.05) is 19.1 Å². The number of aryl methyl sites for hydroxylation is 1. The van der Waals surface area contributed by atoms with E-state index in [2.05, 4.69) is 16.4 Å². The molecule has 1 unspecified atom stereocenters. The van der Waals surface area contributed by atoms with Crippen LogP contribution in [0.15, 0.2) is 101 Å². The van der Waals surface area contributed by atoms with Crippen LogP contribution in [-0.2, 0) is 14.8 Å². The van der Waals surface area contributed by atoms with Crippen molar-refractivity contribution in [2.24, 2.45) is 0 Å². The fraction of sp³-hybridized carbons (Fsp3) is 0.212. The van der Waals surface area contributed by atoms with Crippen molar-refractivity contribution in [3.05, 3.63) is 118 Å². The summed E-state index contributed by atoms with van der Waals surface area (Å²) in [5.41, 5.74) is 1.78. The van der Waals surface area contributed by atoms with Crippen LogP contribution in [0.25, 0.3) is 11.0 Å². The van der Waals surface area contributed by atoms with Gasteiger partial charge in [-0.1, -0.05) is 30.3 Å². The van der Waals surface area contributed by atoms with Crippen LogP contribution in [0.4, 0.5) is 5.69 Å². The normalized spacial score (nSPS) is 15.5. The van der Waals surface area contributed by atoms with Crippen LogP contribution < -0.4 is 15.7 Å². The number of fused-ring (bicyclic) bond motifs is 1. The molecule has 0 aliphatic carbocycles. The lowest BCUT2D eigenvalue weighted by molar-refractivity contribution is -0.132. The summed E-state index contributed by atoms with van der Waals surface area (Å²) in [5.74, 6) is 0.0939. The molecule has 2 aromatic heterocycles. The number of benzene rings is 3. The zero-order valence-corrected chi connectivity index (χ0v) is 25.4. The molecule has 1 aliphatic heterocycles. The van der Waals surface area contributed by atoms with Gasteiger partial charge in [0.05, 0.1) is 34.7 Å². The number of carbonyl (C=O) groups is 1. The number of rotatable bonds is 8. The van der Waals surface area contributed by atoms with Gasteiger partial charge >= 0.3 is 5.69 Å². The van der Waals surface area contributed by atoms with E-state index in [9.17, 15) is 23.3 Å². The molecule has 2 atom stereocenters. The zero-order chi connectivity index (χ0) is 31.7. The highest BCUT2D eigenvalue weighted by Crippen LogP contribution is 2.30. The van der Waals surface area contributed by atoms with E-state index >= 15 is 0 Å². The quantitative estimate of drug-likeness (QED) is 0.275. The van der Waals surface area contributed by atoms with E-state index in [1.165, 1.54) is 54.1 Å². The lowest BCUT2D eigenvalue weighted by atomic mass is 10.0. The highest BCUT2D eigenvalue weighted by Gasteiger charge is 2.37. The third kappa shape index (κ3) is 5.54. The van der Waals surface area contributed by atoms with Crippen molar-refractivity contribution in [2.45, 2.75) is 30.3 Å². The third-order valence-electron chi connectivity index (χ3n) is 7.94. The number of carbonyl (C=O) groups excluding carboxylic acids is 1. The molecule has 1 amide bonds. The van der Waals surface area contributed by atoms with Crippen LogP contribution in [0.3, 0.4) is 0 Å². The minimum Gasteiger partial charge on any atom is -0.497 e. The van der Waals surface area contributed by atoms with Crippen molar-refractivity contribution < 1.29 is 17.9 Å². The molecule has 1 saturated heterocycles. The monoisotopic (exact) mass is 622 g/mol. The highest BCUT2D eigenvalue weighted by molar-refractivity contribution is 7.90. The van der Waals surface area contributed by atoms with Crippen molar-refractivity contribution in [3.8, 4) is 11.8 Å². The first-order valence-corrected chi connectivity index (χ1v) is 15.7. The van der Waals surface area contributed by atoms with Crippen molar-refractivity contribution in [2.75, 3.05) is 25.5 Å². The summed E-state index contributed by atoms with van der Waals surface area (Å²) in [6, 6.07) is 23.4. The smallest absolute Gasteiger partial charge is 0.344 e. The molecule has 1 N–H and O–H groups in total. The Kier molecular flexibility index (Phi) is 7.87. The maximum atomic E-state index is 14.4. The molecule has 1 aliphatic rings. The van der Waals surface area contributed by atoms with E-state index in [-0.39, 0.29) is 33.4 Å². The number of likely N-dealkylation sites (tertiary alicyclic amines) is 1. The molecule has 0 spiro atoms. The summed E-state index contributed by atoms with van der Waals surface area (Å²) in [5, 5.41) is 13.2. The predicted molar refractivity (Wildman–Crippen MR) is 169 cm³/mol. The van der Waals surface area contributed by atoms with Gasteiger partial charge in [-0.15, -0.1) is 0 Å². The average molecular weight is 623 g/mol. The predicted octanol–water partition coefficient (Wildman–Crippen LogP) is 3.93. The number of aromatic nitrogens is 3. The second-order valence-electron chi connectivity index (χ2n) is 10.8. The minimum absolute atomic E-state index is 0.0362. The molecule has 228 valence electrons. The van der Waals surface area contributed by atoms with Crippen LogP contribution in [0.2, 0.25) is 0 Å². The Bertz CT molecular complexity index is 2100. The molecule has 3 heterocycles. The summed E-state index contributed by atoms with van der Waals surface area (Å²) < 4.78 is 35.1. The van der Waals surface area contributed by atoms with Gasteiger partial charge in [-0.25, -0.2) is 13.2 Å². The van der Waals surface area contributed by atoms with Crippen LogP contribution in [0.5, 0.6) is 5.75 Å². The van der Waals surface area contributed by atoms with Gasteiger partial charge in [0.1, 0.15) is 11.8 Å². The number of imidazole rings is 1. The van der Waals surface area contributed by atoms with Gasteiger partial charge in [-0.05, 0) is 73.5 Å². The van der Waals surface area contributed by atoms with Crippen molar-refractivity contribution in [1.82, 2.24) is 18.4 Å². The Morgan fingerprint density at radius 2 is 1.80 bits per heavy atom. The Morgan fingerprint density at radius 1 is 1.04 bits per heavy atom. The molecular formula is C33H30N6O5S. The van der Waals surface area contributed by atoms with E-state index in [0.29, 0.717) is 34.8 Å². The number of nitriles is 1. The Hall–Kier alpha value is -5.41. The zero-order valence-electron chi connectivity index (χ0n) is 24.6. The Morgan fingerprint density at radius 3 is 2.49 bits per heavy atom. The van der Waals surface area contributed by atoms with Gasteiger partial charge in [-0.2, -0.15) is 9.23 Å². The van der Waals surface area contributed by atoms with Crippen LogP contribution in [-0.4, -0.2) is 59.0 Å². The number of nitrogens with zero attached hydrogens (tertiary/aromatic N) is 5. The molecule has 5 aromatic rings. The number of anilines is 1. The fourth-order valence-corrected chi connectivity index (χ4v) is 7.15. The van der Waals surface area contributed by atoms with E-state index in [1.54, 1.807) is 41.4 Å². The molecule has 12 heteroatoms. The lowest BCUT2D eigenvalue weighted by Gasteiger charge is -2.25. The van der Waals surface area contributed by atoms with Gasteiger partial charge in [0.2, 0.25) is 0 Å². The number of methoxy groups -OCH3 is 1. The number of hydrogen-bond acceptors (Lipinski definition) is 8. The minimum atomic E-state index is -4.42. The highest BCUT2D eigenvalue weighted by atomic mass is 32.2. The molecule has 6 rings (SSSR count). The Labute approximate surface area is 260 Å². The molecular weight excluding hydrogens is 592 g/mol. The molecule has 0 bridgehead atoms. The average Bonchev–Trinajstić information content (AvgIpc) is 3.63. The molecule has 11 nitrogen and oxygen atoms in total. The van der Waals surface area contributed by atoms with Gasteiger partial charge in [0.15, 0.2) is 0 Å². The molecule has 1 fully saturated rings. The van der Waals surface area contributed by atoms with E-state index in [4.69, 9.17) is 4.74 Å². The van der Waals surface area contributed by atoms with Crippen molar-refractivity contribution in [1.29, 1.82) is 5.26 Å². The second-order valence-corrected chi connectivity index (χ2v) is 12.6. The number of ether oxygens (including phenoxy) is 1. The Balaban J connectivity index is 1.47. The fourth-order valence-electron chi connectivity index (χ4n) is 5.76. The molecule has 45 heavy (non-hydrogen) atoms. The molecule has 0 radical (unpaired) electrons. The number of amides is 1. The van der Waals surface area contributed by atoms with Crippen LogP contribution in [0.1, 0.15) is 29.3 Å². The third-order valence-corrected chi connectivity index (χ3v) is 9.64. The van der Waals surface area contributed by atoms with Crippen molar-refractivity contribution >= 4 is 32.7 Å². The van der Waals surface area contributed by atoms with Gasteiger partial charge in [0.25, 0.3) is 15.9 Å². The summed E-state index contributed by atoms with van der Waals surface area (Å²) in [7, 11) is -2.96. The van der Waals surface area contributed by atoms with Gasteiger partial charge in [-0.3, -0.25) is 14.3 Å². The maximum absolute atomic E-state index is 14.4. The number of hydrogen-bond donors (Lipinski definition) is 1. The summed E-state index contributed by atoms with van der Waals surface area (Å²) in [6.45, 7) is 2.72. The number of pyridine rings is 1. The largest absolute Gasteiger partial charge is 0.497 e. The lowest BCUT2D eigenvalue weighted by Crippen LogP contribution is -2.41. The summed E-state index contributed by atoms with van der Waals surface area (Å²) in [6.07, 6.45) is 2.40. The topological polar surface area (TPSA) is 139 Å². The van der Waals surface area contributed by atoms with Gasteiger partial charge < -0.3 is 15.0 Å². The first-order chi connectivity index (χ1) is 21.7. The summed E-state index contributed by atoms with van der Waals surface area (Å²) in [4.78, 5) is 34.6. The second kappa shape index (κ2) is 11.9. The van der Waals surface area contributed by atoms with E-state index < -0.39 is 21.8 Å².